The number of aromatic nitrogens is 1. The van der Waals surface area contributed by atoms with Crippen molar-refractivity contribution in [1.29, 1.82) is 0 Å². The molecular formula is C24H16FN3OS. The van der Waals surface area contributed by atoms with Gasteiger partial charge in [-0.15, -0.1) is 10.2 Å². The minimum absolute atomic E-state index is 0.139. The second-order valence-corrected chi connectivity index (χ2v) is 7.89. The molecular weight excluding hydrogens is 397 g/mol. The average molecular weight is 413 g/mol. The maximum atomic E-state index is 13.4. The van der Waals surface area contributed by atoms with Gasteiger partial charge in [-0.2, -0.15) is 0 Å². The van der Waals surface area contributed by atoms with Crippen LogP contribution in [0.4, 0.5) is 4.39 Å². The molecule has 0 radical (unpaired) electrons. The Bertz CT molecular complexity index is 1410. The lowest BCUT2D eigenvalue weighted by Crippen LogP contribution is -2.40. The molecule has 0 amide bonds. The number of nitrogens with zero attached hydrogens (tertiary/aromatic N) is 3. The molecule has 0 bridgehead atoms. The van der Waals surface area contributed by atoms with E-state index >= 15 is 0 Å². The van der Waals surface area contributed by atoms with Crippen molar-refractivity contribution in [1.82, 2.24) is 4.57 Å². The number of halogens is 1. The molecule has 2 heterocycles. The van der Waals surface area contributed by atoms with Gasteiger partial charge in [0.15, 0.2) is 0 Å². The first-order valence-corrected chi connectivity index (χ1v) is 10.3. The average Bonchev–Trinajstić information content (AvgIpc) is 3.11. The second-order valence-electron chi connectivity index (χ2n) is 6.88. The Hall–Kier alpha value is -3.64. The van der Waals surface area contributed by atoms with Crippen LogP contribution in [-0.4, -0.2) is 10.3 Å². The Labute approximate surface area is 175 Å². The van der Waals surface area contributed by atoms with Crippen molar-refractivity contribution in [3.63, 3.8) is 0 Å². The predicted molar refractivity (Wildman–Crippen MR) is 117 cm³/mol. The molecule has 1 aliphatic rings. The van der Waals surface area contributed by atoms with Gasteiger partial charge in [0.1, 0.15) is 11.9 Å². The molecule has 3 aromatic carbocycles. The van der Waals surface area contributed by atoms with E-state index < -0.39 is 0 Å². The summed E-state index contributed by atoms with van der Waals surface area (Å²) in [5.74, 6) is -0.311. The van der Waals surface area contributed by atoms with E-state index in [0.29, 0.717) is 9.33 Å². The first-order chi connectivity index (χ1) is 14.7. The smallest absolute Gasteiger partial charge is 0.268 e. The lowest BCUT2D eigenvalue weighted by atomic mass is 9.96. The number of thiazole rings is 1. The van der Waals surface area contributed by atoms with Gasteiger partial charge in [0, 0.05) is 5.56 Å². The minimum Gasteiger partial charge on any atom is -0.268 e. The van der Waals surface area contributed by atoms with Crippen LogP contribution in [0.25, 0.3) is 6.08 Å². The van der Waals surface area contributed by atoms with Gasteiger partial charge in [-0.3, -0.25) is 9.36 Å². The van der Waals surface area contributed by atoms with E-state index in [-0.39, 0.29) is 17.4 Å². The molecule has 0 saturated carbocycles. The SMILES string of the molecule is O=c1/c(=C\c2ccc(F)cc2)sc2n1[C@H](c1ccccc1)C(c1ccccc1)=NN=2. The molecule has 4 aromatic rings. The van der Waals surface area contributed by atoms with Crippen molar-refractivity contribution in [3.8, 4) is 0 Å². The third-order valence-electron chi connectivity index (χ3n) is 4.95. The fraction of sp³-hybridized carbons (Fsp3) is 0.0417. The minimum atomic E-state index is -0.375. The van der Waals surface area contributed by atoms with E-state index in [2.05, 4.69) is 10.2 Å². The van der Waals surface area contributed by atoms with Gasteiger partial charge in [-0.1, -0.05) is 84.1 Å². The molecule has 1 aliphatic heterocycles. The topological polar surface area (TPSA) is 46.7 Å². The van der Waals surface area contributed by atoms with E-state index in [0.717, 1.165) is 22.4 Å². The van der Waals surface area contributed by atoms with Gasteiger partial charge < -0.3 is 0 Å². The number of fused-ring (bicyclic) bond motifs is 1. The Morgan fingerprint density at radius 2 is 1.53 bits per heavy atom. The summed E-state index contributed by atoms with van der Waals surface area (Å²) in [5, 5.41) is 8.85. The van der Waals surface area contributed by atoms with E-state index in [9.17, 15) is 9.18 Å². The lowest BCUT2D eigenvalue weighted by Gasteiger charge is -2.22. The summed E-state index contributed by atoms with van der Waals surface area (Å²) >= 11 is 1.28. The maximum Gasteiger partial charge on any atom is 0.271 e. The number of hydrogen-bond acceptors (Lipinski definition) is 4. The molecule has 0 unspecified atom stereocenters. The quantitative estimate of drug-likeness (QED) is 0.507. The van der Waals surface area contributed by atoms with Crippen molar-refractivity contribution >= 4 is 23.1 Å². The first kappa shape index (κ1) is 18.4. The Morgan fingerprint density at radius 1 is 0.867 bits per heavy atom. The van der Waals surface area contributed by atoms with Crippen molar-refractivity contribution < 1.29 is 4.39 Å². The van der Waals surface area contributed by atoms with Gasteiger partial charge >= 0.3 is 0 Å². The summed E-state index contributed by atoms with van der Waals surface area (Å²) in [5.41, 5.74) is 3.23. The highest BCUT2D eigenvalue weighted by Crippen LogP contribution is 2.23. The molecule has 6 heteroatoms. The molecule has 0 fully saturated rings. The molecule has 0 aliphatic carbocycles. The third kappa shape index (κ3) is 3.31. The monoisotopic (exact) mass is 413 g/mol. The second kappa shape index (κ2) is 7.65. The molecule has 1 atom stereocenters. The highest BCUT2D eigenvalue weighted by atomic mass is 32.1. The predicted octanol–water partition coefficient (Wildman–Crippen LogP) is 3.50. The van der Waals surface area contributed by atoms with Gasteiger partial charge in [0.2, 0.25) is 4.80 Å². The third-order valence-corrected chi connectivity index (χ3v) is 5.92. The molecule has 4 nitrogen and oxygen atoms in total. The van der Waals surface area contributed by atoms with Crippen LogP contribution in [0.15, 0.2) is 99.9 Å². The van der Waals surface area contributed by atoms with Gasteiger partial charge in [-0.05, 0) is 29.3 Å². The first-order valence-electron chi connectivity index (χ1n) is 9.45. The lowest BCUT2D eigenvalue weighted by molar-refractivity contribution is 0.628. The molecule has 1 aromatic heterocycles. The van der Waals surface area contributed by atoms with Crippen LogP contribution in [0.2, 0.25) is 0 Å². The zero-order chi connectivity index (χ0) is 20.5. The van der Waals surface area contributed by atoms with Crippen LogP contribution in [0.3, 0.4) is 0 Å². The Kier molecular flexibility index (Phi) is 4.69. The summed E-state index contributed by atoms with van der Waals surface area (Å²) in [6, 6.07) is 25.3. The van der Waals surface area contributed by atoms with Crippen LogP contribution in [0.5, 0.6) is 0 Å². The van der Waals surface area contributed by atoms with Crippen LogP contribution in [0.1, 0.15) is 22.7 Å². The summed E-state index contributed by atoms with van der Waals surface area (Å²) in [6.45, 7) is 0. The van der Waals surface area contributed by atoms with E-state index in [1.807, 2.05) is 60.7 Å². The molecule has 5 rings (SSSR count). The molecule has 30 heavy (non-hydrogen) atoms. The molecule has 146 valence electrons. The van der Waals surface area contributed by atoms with E-state index in [4.69, 9.17) is 0 Å². The van der Waals surface area contributed by atoms with Crippen molar-refractivity contribution in [2.45, 2.75) is 6.04 Å². The zero-order valence-corrected chi connectivity index (χ0v) is 16.6. The van der Waals surface area contributed by atoms with Gasteiger partial charge in [0.25, 0.3) is 5.56 Å². The number of benzene rings is 3. The Balaban J connectivity index is 1.72. The van der Waals surface area contributed by atoms with Crippen molar-refractivity contribution in [3.05, 3.63) is 127 Å². The number of hydrogen-bond donors (Lipinski definition) is 0. The maximum absolute atomic E-state index is 13.4. The van der Waals surface area contributed by atoms with Crippen LogP contribution < -0.4 is 14.9 Å². The highest BCUT2D eigenvalue weighted by Gasteiger charge is 2.28. The molecule has 0 saturated heterocycles. The normalized spacial score (nSPS) is 16.0. The standard InChI is InChI=1S/C24H16FN3OS/c25-19-13-11-16(12-14-19)15-20-23(29)28-22(18-9-5-2-6-10-18)21(26-27-24(28)30-20)17-7-3-1-4-8-17/h1-15,22H/b20-15+/t22-/m1/s1. The van der Waals surface area contributed by atoms with Gasteiger partial charge in [0.05, 0.1) is 10.2 Å². The van der Waals surface area contributed by atoms with Crippen LogP contribution >= 0.6 is 11.3 Å². The van der Waals surface area contributed by atoms with Crippen LogP contribution in [0, 0.1) is 5.82 Å². The number of rotatable bonds is 3. The molecule has 0 spiro atoms. The zero-order valence-electron chi connectivity index (χ0n) is 15.8. The largest absolute Gasteiger partial charge is 0.271 e. The van der Waals surface area contributed by atoms with Crippen LogP contribution in [-0.2, 0) is 0 Å². The fourth-order valence-corrected chi connectivity index (χ4v) is 4.48. The summed E-state index contributed by atoms with van der Waals surface area (Å²) in [7, 11) is 0. The fourth-order valence-electron chi connectivity index (χ4n) is 3.54. The summed E-state index contributed by atoms with van der Waals surface area (Å²) in [4.78, 5) is 13.9. The Morgan fingerprint density at radius 3 is 2.23 bits per heavy atom. The van der Waals surface area contributed by atoms with E-state index in [1.165, 1.54) is 23.5 Å². The van der Waals surface area contributed by atoms with Gasteiger partial charge in [-0.25, -0.2) is 4.39 Å². The van der Waals surface area contributed by atoms with Crippen molar-refractivity contribution in [2.75, 3.05) is 0 Å². The highest BCUT2D eigenvalue weighted by molar-refractivity contribution is 7.07. The summed E-state index contributed by atoms with van der Waals surface area (Å²) in [6.07, 6.45) is 1.76. The molecule has 0 N–H and O–H groups in total. The summed E-state index contributed by atoms with van der Waals surface area (Å²) < 4.78 is 15.5. The van der Waals surface area contributed by atoms with E-state index in [1.54, 1.807) is 22.8 Å². The van der Waals surface area contributed by atoms with Crippen molar-refractivity contribution in [2.24, 2.45) is 10.2 Å².